The average molecular weight is 733 g/mol. The first kappa shape index (κ1) is 39.9. The molecule has 4 aromatic rings. The molecule has 0 aromatic heterocycles. The van der Waals surface area contributed by atoms with Gasteiger partial charge < -0.3 is 30.6 Å². The zero-order valence-electron chi connectivity index (χ0n) is 30.8. The molecule has 10 heteroatoms. The van der Waals surface area contributed by atoms with Gasteiger partial charge in [-0.15, -0.1) is 0 Å². The maximum Gasteiger partial charge on any atom is 0.224 e. The molecule has 1 aliphatic rings. The second-order valence-corrected chi connectivity index (χ2v) is 14.0. The average Bonchev–Trinajstić information content (AvgIpc) is 3.16. The van der Waals surface area contributed by atoms with Crippen LogP contribution in [0.25, 0.3) is 0 Å². The molecule has 4 N–H and O–H groups in total. The Morgan fingerprint density at radius 3 is 1.04 bits per heavy atom. The topological polar surface area (TPSA) is 139 Å². The molecule has 1 fully saturated rings. The van der Waals surface area contributed by atoms with Gasteiger partial charge >= 0.3 is 0 Å². The molecule has 1 aliphatic heterocycles. The van der Waals surface area contributed by atoms with Crippen molar-refractivity contribution in [3.63, 3.8) is 0 Å². The highest BCUT2D eigenvalue weighted by atomic mass is 16.3. The monoisotopic (exact) mass is 732 g/mol. The van der Waals surface area contributed by atoms with E-state index in [0.29, 0.717) is 25.7 Å². The van der Waals surface area contributed by atoms with Crippen molar-refractivity contribution in [1.82, 2.24) is 20.4 Å². The van der Waals surface area contributed by atoms with Crippen LogP contribution in [0, 0.1) is 0 Å². The fourth-order valence-electron chi connectivity index (χ4n) is 7.40. The van der Waals surface area contributed by atoms with Gasteiger partial charge in [-0.2, -0.15) is 0 Å². The first-order chi connectivity index (χ1) is 26.3. The van der Waals surface area contributed by atoms with Gasteiger partial charge in [0.2, 0.25) is 23.6 Å². The third-order valence-corrected chi connectivity index (χ3v) is 9.90. The van der Waals surface area contributed by atoms with Gasteiger partial charge in [-0.3, -0.25) is 19.2 Å². The molecule has 0 aliphatic carbocycles. The highest BCUT2D eigenvalue weighted by molar-refractivity contribution is 5.84. The lowest BCUT2D eigenvalue weighted by molar-refractivity contribution is -0.136. The number of hydrogen-bond acceptors (Lipinski definition) is 6. The van der Waals surface area contributed by atoms with Gasteiger partial charge in [-0.25, -0.2) is 0 Å². The zero-order chi connectivity index (χ0) is 38.1. The number of nitrogens with zero attached hydrogens (tertiary/aromatic N) is 2. The Kier molecular flexibility index (Phi) is 15.4. The third kappa shape index (κ3) is 12.4. The van der Waals surface area contributed by atoms with E-state index in [1.54, 1.807) is 9.80 Å². The largest absolute Gasteiger partial charge is 0.395 e. The molecule has 0 radical (unpaired) electrons. The molecule has 1 unspecified atom stereocenters. The van der Waals surface area contributed by atoms with Crippen molar-refractivity contribution in [2.24, 2.45) is 0 Å². The third-order valence-electron chi connectivity index (χ3n) is 9.90. The smallest absolute Gasteiger partial charge is 0.224 e. The SMILES string of the molecule is O=C1C[C@H](Cc2ccccc2)N(CCO)C(=O)C[C@H](Cc2ccccc2)NC(=O)C[C@H](Cc2ccccc2)N(CCO)C(=O)CC(Cc2ccccc2)N1. The summed E-state index contributed by atoms with van der Waals surface area (Å²) in [6.45, 7) is -0.587. The number of benzene rings is 4. The Morgan fingerprint density at radius 1 is 0.444 bits per heavy atom. The van der Waals surface area contributed by atoms with Crippen molar-refractivity contribution < 1.29 is 29.4 Å². The van der Waals surface area contributed by atoms with Crippen LogP contribution in [0.1, 0.15) is 47.9 Å². The van der Waals surface area contributed by atoms with E-state index in [-0.39, 0.29) is 75.6 Å². The summed E-state index contributed by atoms with van der Waals surface area (Å²) in [5.74, 6) is -1.22. The summed E-state index contributed by atoms with van der Waals surface area (Å²) in [5.41, 5.74) is 3.71. The number of nitrogens with one attached hydrogen (secondary N) is 2. The van der Waals surface area contributed by atoms with E-state index < -0.39 is 24.2 Å². The molecule has 10 nitrogen and oxygen atoms in total. The summed E-state index contributed by atoms with van der Waals surface area (Å²) in [5, 5.41) is 26.6. The Labute approximate surface area is 318 Å². The first-order valence-corrected chi connectivity index (χ1v) is 18.9. The lowest BCUT2D eigenvalue weighted by Gasteiger charge is -2.35. The lowest BCUT2D eigenvalue weighted by atomic mass is 9.96. The van der Waals surface area contributed by atoms with E-state index in [9.17, 15) is 29.4 Å². The quantitative estimate of drug-likeness (QED) is 0.175. The van der Waals surface area contributed by atoms with Gasteiger partial charge in [-0.05, 0) is 47.9 Å². The molecule has 0 saturated carbocycles. The second-order valence-electron chi connectivity index (χ2n) is 14.0. The molecule has 54 heavy (non-hydrogen) atoms. The Bertz CT molecular complexity index is 1630. The van der Waals surface area contributed by atoms with E-state index in [2.05, 4.69) is 10.6 Å². The van der Waals surface area contributed by atoms with Crippen LogP contribution >= 0.6 is 0 Å². The number of rotatable bonds is 12. The van der Waals surface area contributed by atoms with Gasteiger partial charge in [0.1, 0.15) is 0 Å². The van der Waals surface area contributed by atoms with Crippen LogP contribution in [-0.2, 0) is 44.9 Å². The maximum atomic E-state index is 14.4. The Balaban J connectivity index is 1.54. The molecule has 0 bridgehead atoms. The van der Waals surface area contributed by atoms with Crippen molar-refractivity contribution in [3.8, 4) is 0 Å². The van der Waals surface area contributed by atoms with Crippen LogP contribution in [0.15, 0.2) is 121 Å². The van der Waals surface area contributed by atoms with Crippen molar-refractivity contribution in [2.45, 2.75) is 75.5 Å². The normalized spacial score (nSPS) is 20.7. The van der Waals surface area contributed by atoms with E-state index >= 15 is 0 Å². The molecule has 4 aromatic carbocycles. The van der Waals surface area contributed by atoms with E-state index in [1.807, 2.05) is 121 Å². The molecular formula is C44H52N4O6. The Morgan fingerprint density at radius 2 is 0.741 bits per heavy atom. The standard InChI is InChI=1S/C44H52N4O6/c49-23-21-47-40(28-36-19-11-4-12-20-36)32-42(52)46-38(26-34-15-7-2-8-16-34)30-44(54)48(22-24-50)39(27-35-17-9-3-10-18-35)31-41(51)45-37(29-43(47)53)25-33-13-5-1-6-14-33/h1-20,37-40,49-50H,21-32H2,(H,45,51)(H,46,52)/t37-,38?,39-,40-/m0/s1. The van der Waals surface area contributed by atoms with Gasteiger partial charge in [-0.1, -0.05) is 121 Å². The first-order valence-electron chi connectivity index (χ1n) is 18.9. The summed E-state index contributed by atoms with van der Waals surface area (Å²) in [6.07, 6.45) is 1.23. The van der Waals surface area contributed by atoms with Gasteiger partial charge in [0.05, 0.1) is 13.2 Å². The van der Waals surface area contributed by atoms with Crippen LogP contribution in [0.2, 0.25) is 0 Å². The van der Waals surface area contributed by atoms with E-state index in [4.69, 9.17) is 0 Å². The molecule has 4 amide bonds. The summed E-state index contributed by atoms with van der Waals surface area (Å²) < 4.78 is 0. The number of carbonyl (C=O) groups excluding carboxylic acids is 4. The molecule has 1 saturated heterocycles. The summed E-state index contributed by atoms with van der Waals surface area (Å²) in [7, 11) is 0. The number of aliphatic hydroxyl groups excluding tert-OH is 2. The van der Waals surface area contributed by atoms with Crippen molar-refractivity contribution in [2.75, 3.05) is 26.3 Å². The van der Waals surface area contributed by atoms with Crippen LogP contribution in [0.5, 0.6) is 0 Å². The summed E-state index contributed by atoms with van der Waals surface area (Å²) >= 11 is 0. The van der Waals surface area contributed by atoms with Crippen molar-refractivity contribution in [1.29, 1.82) is 0 Å². The number of aliphatic hydroxyl groups is 2. The zero-order valence-corrected chi connectivity index (χ0v) is 30.8. The van der Waals surface area contributed by atoms with Crippen LogP contribution in [-0.4, -0.2) is 94.1 Å². The fourth-order valence-corrected chi connectivity index (χ4v) is 7.40. The maximum absolute atomic E-state index is 14.4. The summed E-state index contributed by atoms with van der Waals surface area (Å²) in [6, 6.07) is 35.9. The molecular weight excluding hydrogens is 681 g/mol. The fraction of sp³-hybridized carbons (Fsp3) is 0.364. The predicted molar refractivity (Wildman–Crippen MR) is 208 cm³/mol. The molecule has 284 valence electrons. The minimum Gasteiger partial charge on any atom is -0.395 e. The minimum atomic E-state index is -0.609. The van der Waals surface area contributed by atoms with Gasteiger partial charge in [0.15, 0.2) is 0 Å². The second kappa shape index (κ2) is 20.8. The van der Waals surface area contributed by atoms with Crippen LogP contribution in [0.3, 0.4) is 0 Å². The Hall–Kier alpha value is -5.32. The highest BCUT2D eigenvalue weighted by Crippen LogP contribution is 2.20. The predicted octanol–water partition coefficient (Wildman–Crippen LogP) is 3.88. The lowest BCUT2D eigenvalue weighted by Crippen LogP contribution is -2.52. The molecule has 0 spiro atoms. The van der Waals surface area contributed by atoms with Gasteiger partial charge in [0, 0.05) is 62.9 Å². The molecule has 5 rings (SSSR count). The van der Waals surface area contributed by atoms with Crippen LogP contribution in [0.4, 0.5) is 0 Å². The highest BCUT2D eigenvalue weighted by Gasteiger charge is 2.33. The number of β-amino-alcohol motifs (C(OH)–C–C–N with tert-alkyl or cyclic N) is 2. The summed E-state index contributed by atoms with van der Waals surface area (Å²) in [4.78, 5) is 60.0. The minimum absolute atomic E-state index is 0.0107. The van der Waals surface area contributed by atoms with Crippen LogP contribution < -0.4 is 10.6 Å². The van der Waals surface area contributed by atoms with Crippen molar-refractivity contribution in [3.05, 3.63) is 144 Å². The molecule has 1 heterocycles. The van der Waals surface area contributed by atoms with E-state index in [0.717, 1.165) is 22.3 Å². The van der Waals surface area contributed by atoms with Gasteiger partial charge in [0.25, 0.3) is 0 Å². The number of hydrogen-bond donors (Lipinski definition) is 4. The molecule has 4 atom stereocenters. The van der Waals surface area contributed by atoms with Crippen molar-refractivity contribution >= 4 is 23.6 Å². The number of carbonyl (C=O) groups is 4. The van der Waals surface area contributed by atoms with E-state index in [1.165, 1.54) is 0 Å². The number of amides is 4.